The molecule has 0 bridgehead atoms. The van der Waals surface area contributed by atoms with E-state index in [1.54, 1.807) is 11.3 Å². The second-order valence-corrected chi connectivity index (χ2v) is 19.6. The maximum absolute atomic E-state index is 5.62. The first-order chi connectivity index (χ1) is 31.2. The molecule has 0 unspecified atom stereocenters. The van der Waals surface area contributed by atoms with Gasteiger partial charge in [0, 0.05) is 77.9 Å². The van der Waals surface area contributed by atoms with E-state index in [-0.39, 0.29) is 0 Å². The molecule has 15 rings (SSSR count). The van der Waals surface area contributed by atoms with Crippen LogP contribution in [0.3, 0.4) is 0 Å². The molecule has 5 aromatic heterocycles. The molecule has 0 aliphatic carbocycles. The number of thiophene rings is 2. The molecule has 7 heteroatoms. The number of fused-ring (bicyclic) bond motifs is 16. The summed E-state index contributed by atoms with van der Waals surface area (Å²) in [5, 5.41) is 12.3. The van der Waals surface area contributed by atoms with Gasteiger partial charge in [-0.25, -0.2) is 9.97 Å². The number of benzene rings is 9. The van der Waals surface area contributed by atoms with Crippen LogP contribution >= 0.6 is 34.4 Å². The van der Waals surface area contributed by atoms with Crippen LogP contribution in [0.2, 0.25) is 0 Å². The van der Waals surface area contributed by atoms with Crippen molar-refractivity contribution >= 4 is 129 Å². The van der Waals surface area contributed by atoms with Crippen molar-refractivity contribution < 1.29 is 0 Å². The minimum absolute atomic E-state index is 0.682. The van der Waals surface area contributed by atoms with Gasteiger partial charge in [-0.3, -0.25) is 4.57 Å². The molecule has 0 N–H and O–H groups in total. The summed E-state index contributed by atoms with van der Waals surface area (Å²) in [5.74, 6) is 0.682. The summed E-state index contributed by atoms with van der Waals surface area (Å²) in [5.41, 5.74) is 10.4. The van der Waals surface area contributed by atoms with Crippen LogP contribution in [0.5, 0.6) is 0 Å². The first-order valence-electron chi connectivity index (χ1n) is 21.1. The molecule has 14 aromatic rings. The molecule has 0 spiro atoms. The van der Waals surface area contributed by atoms with Crippen LogP contribution < -0.4 is 0 Å². The molecule has 0 amide bonds. The summed E-state index contributed by atoms with van der Waals surface area (Å²) in [6.45, 7) is 0. The van der Waals surface area contributed by atoms with E-state index in [4.69, 9.17) is 9.97 Å². The lowest BCUT2D eigenvalue weighted by Crippen LogP contribution is -2.03. The molecule has 1 aliphatic heterocycles. The second kappa shape index (κ2) is 12.6. The van der Waals surface area contributed by atoms with Gasteiger partial charge in [-0.1, -0.05) is 145 Å². The van der Waals surface area contributed by atoms with Gasteiger partial charge in [0.25, 0.3) is 0 Å². The highest BCUT2D eigenvalue weighted by Gasteiger charge is 2.26. The Kier molecular flexibility index (Phi) is 6.89. The van der Waals surface area contributed by atoms with Crippen molar-refractivity contribution in [3.05, 3.63) is 182 Å². The van der Waals surface area contributed by atoms with Gasteiger partial charge in [-0.2, -0.15) is 0 Å². The van der Waals surface area contributed by atoms with E-state index in [0.717, 1.165) is 32.5 Å². The molecule has 292 valence electrons. The first kappa shape index (κ1) is 34.3. The summed E-state index contributed by atoms with van der Waals surface area (Å²) in [7, 11) is 0. The summed E-state index contributed by atoms with van der Waals surface area (Å²) < 4.78 is 8.55. The Hall–Kier alpha value is -7.29. The molecule has 4 nitrogen and oxygen atoms in total. The van der Waals surface area contributed by atoms with Crippen LogP contribution in [-0.2, 0) is 0 Å². The Morgan fingerprint density at radius 1 is 0.413 bits per heavy atom. The normalized spacial score (nSPS) is 12.7. The lowest BCUT2D eigenvalue weighted by molar-refractivity contribution is 1.02. The Morgan fingerprint density at radius 3 is 2.03 bits per heavy atom. The zero-order valence-electron chi connectivity index (χ0n) is 33.3. The average Bonchev–Trinajstić information content (AvgIpc) is 4.10. The summed E-state index contributed by atoms with van der Waals surface area (Å²) in [4.78, 5) is 14.6. The predicted octanol–water partition coefficient (Wildman–Crippen LogP) is 16.4. The van der Waals surface area contributed by atoms with Crippen molar-refractivity contribution in [3.8, 4) is 34.0 Å². The van der Waals surface area contributed by atoms with E-state index in [1.165, 1.54) is 100 Å². The largest absolute Gasteiger partial charge is 0.306 e. The zero-order chi connectivity index (χ0) is 40.9. The van der Waals surface area contributed by atoms with Crippen molar-refractivity contribution in [2.45, 2.75) is 9.79 Å². The number of rotatable bonds is 3. The highest BCUT2D eigenvalue weighted by molar-refractivity contribution is 7.99. The molecule has 0 atom stereocenters. The third kappa shape index (κ3) is 4.71. The number of nitrogens with zero attached hydrogens (tertiary/aromatic N) is 4. The van der Waals surface area contributed by atoms with E-state index in [1.807, 2.05) is 23.1 Å². The highest BCUT2D eigenvalue weighted by atomic mass is 32.2. The van der Waals surface area contributed by atoms with Crippen molar-refractivity contribution in [2.75, 3.05) is 0 Å². The topological polar surface area (TPSA) is 35.6 Å². The van der Waals surface area contributed by atoms with E-state index in [2.05, 4.69) is 191 Å². The van der Waals surface area contributed by atoms with Gasteiger partial charge >= 0.3 is 0 Å². The molecule has 63 heavy (non-hydrogen) atoms. The van der Waals surface area contributed by atoms with Crippen LogP contribution in [0, 0.1) is 0 Å². The minimum atomic E-state index is 0.682. The van der Waals surface area contributed by atoms with Crippen LogP contribution in [-0.4, -0.2) is 19.1 Å². The van der Waals surface area contributed by atoms with Crippen LogP contribution in [0.15, 0.2) is 192 Å². The highest BCUT2D eigenvalue weighted by Crippen LogP contribution is 2.50. The second-order valence-electron chi connectivity index (χ2n) is 16.5. The molecular formula is C56H30N4S3. The lowest BCUT2D eigenvalue weighted by atomic mass is 10.0. The number of hydrogen-bond donors (Lipinski definition) is 0. The average molecular weight is 855 g/mol. The van der Waals surface area contributed by atoms with Gasteiger partial charge in [0.1, 0.15) is 4.83 Å². The number of para-hydroxylation sites is 2. The van der Waals surface area contributed by atoms with E-state index in [0.29, 0.717) is 5.95 Å². The van der Waals surface area contributed by atoms with Gasteiger partial charge in [0.05, 0.1) is 33.4 Å². The van der Waals surface area contributed by atoms with Crippen molar-refractivity contribution in [1.82, 2.24) is 19.1 Å². The van der Waals surface area contributed by atoms with Crippen LogP contribution in [0.4, 0.5) is 0 Å². The molecule has 9 aromatic carbocycles. The Morgan fingerprint density at radius 2 is 1.11 bits per heavy atom. The fourth-order valence-corrected chi connectivity index (χ4v) is 13.8. The van der Waals surface area contributed by atoms with E-state index < -0.39 is 0 Å². The number of hydrogen-bond acceptors (Lipinski definition) is 5. The Balaban J connectivity index is 0.953. The first-order valence-corrected chi connectivity index (χ1v) is 23.6. The Labute approximate surface area is 371 Å². The fraction of sp³-hybridized carbons (Fsp3) is 0. The molecule has 1 aliphatic rings. The van der Waals surface area contributed by atoms with Gasteiger partial charge < -0.3 is 4.57 Å². The smallest absolute Gasteiger partial charge is 0.236 e. The third-order valence-electron chi connectivity index (χ3n) is 13.1. The van der Waals surface area contributed by atoms with Gasteiger partial charge in [0.15, 0.2) is 0 Å². The summed E-state index contributed by atoms with van der Waals surface area (Å²) in [6, 6.07) is 66.8. The summed E-state index contributed by atoms with van der Waals surface area (Å²) in [6.07, 6.45) is 0. The molecule has 0 fully saturated rings. The van der Waals surface area contributed by atoms with Gasteiger partial charge in [-0.05, 0) is 65.0 Å². The Bertz CT molecular complexity index is 4320. The lowest BCUT2D eigenvalue weighted by Gasteiger charge is -2.21. The van der Waals surface area contributed by atoms with Gasteiger partial charge in [0.2, 0.25) is 5.95 Å². The molecule has 6 heterocycles. The molecule has 0 saturated carbocycles. The minimum Gasteiger partial charge on any atom is -0.306 e. The van der Waals surface area contributed by atoms with E-state index in [9.17, 15) is 0 Å². The third-order valence-corrected chi connectivity index (χ3v) is 16.5. The van der Waals surface area contributed by atoms with Crippen LogP contribution in [0.1, 0.15) is 0 Å². The quantitative estimate of drug-likeness (QED) is 0.178. The van der Waals surface area contributed by atoms with Crippen molar-refractivity contribution in [3.63, 3.8) is 0 Å². The molecule has 0 radical (unpaired) electrons. The van der Waals surface area contributed by atoms with Crippen LogP contribution in [0.25, 0.3) is 129 Å². The predicted molar refractivity (Wildman–Crippen MR) is 269 cm³/mol. The summed E-state index contributed by atoms with van der Waals surface area (Å²) >= 11 is 5.46. The molecule has 0 saturated heterocycles. The SMILES string of the molecule is c1ccc2c(c1)ccc1c3cccc4c3n(c21)-c1cc(-c2ccc3c(c2)c2ccccc2n3-c2nc(-c3cccc5c3sc3ccccc35)c3c(n2)sc2ccccc23)ccc1S4. The van der Waals surface area contributed by atoms with Gasteiger partial charge in [-0.15, -0.1) is 22.7 Å². The number of aromatic nitrogens is 4. The monoisotopic (exact) mass is 854 g/mol. The maximum atomic E-state index is 5.62. The zero-order valence-corrected chi connectivity index (χ0v) is 35.8. The van der Waals surface area contributed by atoms with Crippen molar-refractivity contribution in [1.29, 1.82) is 0 Å². The van der Waals surface area contributed by atoms with E-state index >= 15 is 0 Å². The van der Waals surface area contributed by atoms with Crippen molar-refractivity contribution in [2.24, 2.45) is 0 Å². The standard InChI is InChI=1S/C56H30N4S3/c1-2-12-34-31(11-1)23-26-38-37-16-10-22-49-53(37)60(52(34)38)45-30-33(25-28-48(45)61-49)32-24-27-44-42(29-32)35-13-3-6-19-43(35)59(44)56-57-51(50-40-15-5-8-21-47(40)63-55(50)58-56)41-18-9-17-39-36-14-4-7-20-46(36)62-54(39)41/h1-30H. The fourth-order valence-electron chi connectivity index (χ4n) is 10.4. The molecular weight excluding hydrogens is 825 g/mol. The maximum Gasteiger partial charge on any atom is 0.236 e.